The number of methoxy groups -OCH3 is 1. The molecule has 5 heteroatoms. The summed E-state index contributed by atoms with van der Waals surface area (Å²) in [5.74, 6) is 1.52. The second kappa shape index (κ2) is 8.34. The highest BCUT2D eigenvalue weighted by Crippen LogP contribution is 2.25. The highest BCUT2D eigenvalue weighted by atomic mass is 16.5. The minimum absolute atomic E-state index is 0.170. The van der Waals surface area contributed by atoms with Crippen LogP contribution in [-0.4, -0.2) is 41.7 Å². The second-order valence-corrected chi connectivity index (χ2v) is 6.37. The van der Waals surface area contributed by atoms with Crippen LogP contribution < -0.4 is 14.8 Å². The van der Waals surface area contributed by atoms with Gasteiger partial charge in [-0.2, -0.15) is 0 Å². The first-order valence-corrected chi connectivity index (χ1v) is 8.61. The molecule has 5 nitrogen and oxygen atoms in total. The fraction of sp³-hybridized carbons (Fsp3) is 0.400. The zero-order chi connectivity index (χ0) is 17.6. The molecule has 0 unspecified atom stereocenters. The van der Waals surface area contributed by atoms with Gasteiger partial charge in [-0.05, 0) is 42.7 Å². The number of hydrogen-bond donors (Lipinski definition) is 3. The van der Waals surface area contributed by atoms with Crippen molar-refractivity contribution in [1.29, 1.82) is 0 Å². The number of benzene rings is 2. The number of aliphatic hydroxyl groups is 2. The zero-order valence-electron chi connectivity index (χ0n) is 14.3. The number of hydrogen-bond acceptors (Lipinski definition) is 5. The first-order chi connectivity index (χ1) is 12.2. The van der Waals surface area contributed by atoms with Gasteiger partial charge >= 0.3 is 0 Å². The lowest BCUT2D eigenvalue weighted by atomic mass is 9.87. The van der Waals surface area contributed by atoms with Crippen LogP contribution in [0.4, 0.5) is 0 Å². The lowest BCUT2D eigenvalue weighted by Crippen LogP contribution is -2.55. The summed E-state index contributed by atoms with van der Waals surface area (Å²) in [6.07, 6.45) is -0.764. The predicted molar refractivity (Wildman–Crippen MR) is 95.7 cm³/mol. The molecule has 0 bridgehead atoms. The summed E-state index contributed by atoms with van der Waals surface area (Å²) in [4.78, 5) is 0. The van der Waals surface area contributed by atoms with E-state index < -0.39 is 18.3 Å². The lowest BCUT2D eigenvalue weighted by molar-refractivity contribution is -0.0892. The fourth-order valence-corrected chi connectivity index (χ4v) is 3.20. The Hall–Kier alpha value is -2.08. The van der Waals surface area contributed by atoms with Crippen LogP contribution in [0.1, 0.15) is 18.4 Å². The summed E-state index contributed by atoms with van der Waals surface area (Å²) < 4.78 is 11.0. The highest BCUT2D eigenvalue weighted by molar-refractivity contribution is 5.28. The molecular weight excluding hydrogens is 318 g/mol. The fourth-order valence-electron chi connectivity index (χ4n) is 3.20. The van der Waals surface area contributed by atoms with Gasteiger partial charge < -0.3 is 25.0 Å². The summed E-state index contributed by atoms with van der Waals surface area (Å²) in [5, 5.41) is 24.2. The second-order valence-electron chi connectivity index (χ2n) is 6.37. The van der Waals surface area contributed by atoms with Crippen molar-refractivity contribution in [3.05, 3.63) is 60.2 Å². The number of aliphatic hydroxyl groups excluding tert-OH is 2. The molecule has 4 atom stereocenters. The van der Waals surface area contributed by atoms with Gasteiger partial charge in [-0.1, -0.05) is 30.3 Å². The summed E-state index contributed by atoms with van der Waals surface area (Å²) >= 11 is 0. The van der Waals surface area contributed by atoms with E-state index in [0.717, 1.165) is 17.7 Å². The Labute approximate surface area is 148 Å². The van der Waals surface area contributed by atoms with Crippen LogP contribution in [-0.2, 0) is 6.54 Å². The molecule has 0 spiro atoms. The van der Waals surface area contributed by atoms with Crippen LogP contribution in [0.3, 0.4) is 0 Å². The Morgan fingerprint density at radius 2 is 1.72 bits per heavy atom. The van der Waals surface area contributed by atoms with Gasteiger partial charge in [-0.3, -0.25) is 0 Å². The maximum absolute atomic E-state index is 10.4. The van der Waals surface area contributed by atoms with E-state index in [1.807, 2.05) is 54.6 Å². The number of para-hydroxylation sites is 1. The third kappa shape index (κ3) is 4.51. The molecule has 0 aromatic heterocycles. The zero-order valence-corrected chi connectivity index (χ0v) is 14.3. The molecular formula is C20H25NO4. The summed E-state index contributed by atoms with van der Waals surface area (Å²) in [6.45, 7) is 0.607. The molecule has 1 aliphatic rings. The third-order valence-electron chi connectivity index (χ3n) is 4.64. The van der Waals surface area contributed by atoms with Crippen molar-refractivity contribution in [3.63, 3.8) is 0 Å². The normalized spacial score (nSPS) is 26.2. The lowest BCUT2D eigenvalue weighted by Gasteiger charge is -2.38. The van der Waals surface area contributed by atoms with Gasteiger partial charge in [0.1, 0.15) is 23.7 Å². The predicted octanol–water partition coefficient (Wildman–Crippen LogP) is 2.12. The van der Waals surface area contributed by atoms with Crippen molar-refractivity contribution < 1.29 is 19.7 Å². The monoisotopic (exact) mass is 343 g/mol. The quantitative estimate of drug-likeness (QED) is 0.749. The van der Waals surface area contributed by atoms with Crippen LogP contribution >= 0.6 is 0 Å². The minimum atomic E-state index is -0.920. The maximum Gasteiger partial charge on any atom is 0.127 e. The van der Waals surface area contributed by atoms with Crippen molar-refractivity contribution in [2.24, 2.45) is 0 Å². The van der Waals surface area contributed by atoms with E-state index in [-0.39, 0.29) is 6.04 Å². The Bertz CT molecular complexity index is 664. The minimum Gasteiger partial charge on any atom is -0.497 e. The Balaban J connectivity index is 1.55. The van der Waals surface area contributed by atoms with Gasteiger partial charge in [0.2, 0.25) is 0 Å². The molecule has 2 aromatic carbocycles. The Kier molecular flexibility index (Phi) is 5.91. The summed E-state index contributed by atoms with van der Waals surface area (Å²) in [7, 11) is 1.64. The van der Waals surface area contributed by atoms with Gasteiger partial charge in [0, 0.05) is 12.6 Å². The van der Waals surface area contributed by atoms with E-state index in [1.54, 1.807) is 7.11 Å². The van der Waals surface area contributed by atoms with Crippen LogP contribution in [0.2, 0.25) is 0 Å². The number of ether oxygens (including phenoxy) is 2. The SMILES string of the molecule is COc1cccc(CN[C@@H]2CC[C@@H](Oc3ccccc3)[C@@H](O)[C@@H]2O)c1. The molecule has 0 radical (unpaired) electrons. The van der Waals surface area contributed by atoms with Crippen molar-refractivity contribution >= 4 is 0 Å². The van der Waals surface area contributed by atoms with Gasteiger partial charge in [0.05, 0.1) is 13.2 Å². The molecule has 3 rings (SSSR count). The van der Waals surface area contributed by atoms with Crippen molar-refractivity contribution in [2.75, 3.05) is 7.11 Å². The van der Waals surface area contributed by atoms with Crippen molar-refractivity contribution in [1.82, 2.24) is 5.32 Å². The van der Waals surface area contributed by atoms with Crippen molar-refractivity contribution in [3.8, 4) is 11.5 Å². The molecule has 1 aliphatic carbocycles. The smallest absolute Gasteiger partial charge is 0.127 e. The van der Waals surface area contributed by atoms with Crippen LogP contribution in [0.15, 0.2) is 54.6 Å². The number of nitrogens with one attached hydrogen (secondary N) is 1. The molecule has 1 saturated carbocycles. The van der Waals surface area contributed by atoms with E-state index in [1.165, 1.54) is 0 Å². The maximum atomic E-state index is 10.4. The molecule has 0 amide bonds. The average Bonchev–Trinajstić information content (AvgIpc) is 2.66. The molecule has 0 heterocycles. The summed E-state index contributed by atoms with van der Waals surface area (Å²) in [6, 6.07) is 17.0. The number of rotatable bonds is 6. The van der Waals surface area contributed by atoms with E-state index in [9.17, 15) is 10.2 Å². The van der Waals surface area contributed by atoms with Gasteiger partial charge in [0.25, 0.3) is 0 Å². The van der Waals surface area contributed by atoms with E-state index in [4.69, 9.17) is 9.47 Å². The Morgan fingerprint density at radius 1 is 0.960 bits per heavy atom. The summed E-state index contributed by atoms with van der Waals surface area (Å²) in [5.41, 5.74) is 1.07. The first-order valence-electron chi connectivity index (χ1n) is 8.61. The Morgan fingerprint density at radius 3 is 2.48 bits per heavy atom. The van der Waals surface area contributed by atoms with Gasteiger partial charge in [0.15, 0.2) is 0 Å². The molecule has 3 N–H and O–H groups in total. The molecule has 2 aromatic rings. The van der Waals surface area contributed by atoms with Gasteiger partial charge in [-0.15, -0.1) is 0 Å². The molecule has 0 aliphatic heterocycles. The molecule has 0 saturated heterocycles. The highest BCUT2D eigenvalue weighted by Gasteiger charge is 2.38. The average molecular weight is 343 g/mol. The van der Waals surface area contributed by atoms with E-state index >= 15 is 0 Å². The molecule has 1 fully saturated rings. The third-order valence-corrected chi connectivity index (χ3v) is 4.64. The molecule has 134 valence electrons. The first kappa shape index (κ1) is 17.7. The largest absolute Gasteiger partial charge is 0.497 e. The van der Waals surface area contributed by atoms with Crippen LogP contribution in [0, 0.1) is 0 Å². The van der Waals surface area contributed by atoms with Crippen LogP contribution in [0.5, 0.6) is 11.5 Å². The van der Waals surface area contributed by atoms with Crippen LogP contribution in [0.25, 0.3) is 0 Å². The van der Waals surface area contributed by atoms with E-state index in [2.05, 4.69) is 5.32 Å². The molecule has 25 heavy (non-hydrogen) atoms. The topological polar surface area (TPSA) is 71.0 Å². The van der Waals surface area contributed by atoms with Crippen molar-refractivity contribution in [2.45, 2.75) is 43.7 Å². The van der Waals surface area contributed by atoms with Gasteiger partial charge in [-0.25, -0.2) is 0 Å². The van der Waals surface area contributed by atoms with E-state index in [0.29, 0.717) is 18.7 Å². The standard InChI is InChI=1S/C20H25NO4/c1-24-16-9-5-6-14(12-16)13-21-17-10-11-18(20(23)19(17)22)25-15-7-3-2-4-8-15/h2-9,12,17-23H,10-11,13H2,1H3/t17-,18-,19-,20-/m1/s1.